The van der Waals surface area contributed by atoms with Crippen LogP contribution in [0.4, 0.5) is 0 Å². The fourth-order valence-electron chi connectivity index (χ4n) is 1.98. The van der Waals surface area contributed by atoms with Crippen molar-refractivity contribution < 1.29 is 27.9 Å². The molecule has 0 aliphatic rings. The number of hydrogen-bond acceptors (Lipinski definition) is 6. The van der Waals surface area contributed by atoms with E-state index in [4.69, 9.17) is 4.52 Å². The van der Waals surface area contributed by atoms with Crippen molar-refractivity contribution in [1.82, 2.24) is 9.88 Å². The molecular weight excluding hydrogens is 324 g/mol. The lowest BCUT2D eigenvalue weighted by atomic mass is 10.1. The number of aromatic hydroxyl groups is 1. The highest BCUT2D eigenvalue weighted by atomic mass is 32.2. The number of nitrogens with zero attached hydrogens (tertiary/aromatic N) is 1. The summed E-state index contributed by atoms with van der Waals surface area (Å²) in [7, 11) is -3.91. The van der Waals surface area contributed by atoms with Gasteiger partial charge in [0.25, 0.3) is 0 Å². The molecule has 0 bridgehead atoms. The van der Waals surface area contributed by atoms with Gasteiger partial charge in [-0.3, -0.25) is 4.79 Å². The summed E-state index contributed by atoms with van der Waals surface area (Å²) in [4.78, 5) is 11.3. The number of phenolic OH excluding ortho intramolecular Hbond substituents is 1. The molecule has 0 spiro atoms. The maximum Gasteiger partial charge on any atom is 0.322 e. The molecule has 0 aliphatic heterocycles. The number of nitrogens with one attached hydrogen (secondary N) is 1. The first-order valence-corrected chi connectivity index (χ1v) is 8.33. The highest BCUT2D eigenvalue weighted by Gasteiger charge is 2.25. The average molecular weight is 340 g/mol. The number of aromatic nitrogens is 1. The van der Waals surface area contributed by atoms with E-state index in [1.165, 1.54) is 30.3 Å². The van der Waals surface area contributed by atoms with Gasteiger partial charge in [-0.05, 0) is 31.0 Å². The SMILES string of the molecule is Cc1cc(CS(=O)(=O)N[C@@H](Cc2ccc(O)cc2)C(=O)O)on1. The topological polar surface area (TPSA) is 130 Å². The van der Waals surface area contributed by atoms with Gasteiger partial charge in [0.2, 0.25) is 10.0 Å². The van der Waals surface area contributed by atoms with Gasteiger partial charge >= 0.3 is 5.97 Å². The third kappa shape index (κ3) is 5.08. The highest BCUT2D eigenvalue weighted by Crippen LogP contribution is 2.13. The fraction of sp³-hybridized carbons (Fsp3) is 0.286. The molecule has 23 heavy (non-hydrogen) atoms. The predicted molar refractivity (Wildman–Crippen MR) is 80.2 cm³/mol. The quantitative estimate of drug-likeness (QED) is 0.680. The Balaban J connectivity index is 2.08. The van der Waals surface area contributed by atoms with Crippen molar-refractivity contribution >= 4 is 16.0 Å². The summed E-state index contributed by atoms with van der Waals surface area (Å²) in [5.74, 6) is -1.62. The van der Waals surface area contributed by atoms with Gasteiger partial charge in [-0.2, -0.15) is 0 Å². The Labute approximate surface area is 132 Å². The van der Waals surface area contributed by atoms with Gasteiger partial charge in [0.05, 0.1) is 5.69 Å². The van der Waals surface area contributed by atoms with E-state index in [0.29, 0.717) is 11.3 Å². The summed E-state index contributed by atoms with van der Waals surface area (Å²) in [6, 6.07) is 6.00. The molecule has 124 valence electrons. The molecule has 0 saturated heterocycles. The second-order valence-corrected chi connectivity index (χ2v) is 6.83. The number of carboxylic acids is 1. The predicted octanol–water partition coefficient (Wildman–Crippen LogP) is 0.804. The van der Waals surface area contributed by atoms with E-state index in [2.05, 4.69) is 9.88 Å². The lowest BCUT2D eigenvalue weighted by Gasteiger charge is -2.14. The molecule has 0 aliphatic carbocycles. The van der Waals surface area contributed by atoms with E-state index >= 15 is 0 Å². The van der Waals surface area contributed by atoms with Crippen LogP contribution in [0.3, 0.4) is 0 Å². The van der Waals surface area contributed by atoms with E-state index < -0.39 is 27.8 Å². The number of sulfonamides is 1. The fourth-order valence-corrected chi connectivity index (χ4v) is 3.19. The van der Waals surface area contributed by atoms with E-state index in [9.17, 15) is 23.4 Å². The molecule has 0 amide bonds. The molecule has 0 fully saturated rings. The zero-order chi connectivity index (χ0) is 17.0. The lowest BCUT2D eigenvalue weighted by molar-refractivity contribution is -0.138. The van der Waals surface area contributed by atoms with Gasteiger partial charge in [-0.1, -0.05) is 17.3 Å². The van der Waals surface area contributed by atoms with Crippen molar-refractivity contribution in [2.24, 2.45) is 0 Å². The maximum atomic E-state index is 12.1. The Morgan fingerprint density at radius 3 is 2.52 bits per heavy atom. The van der Waals surface area contributed by atoms with Crippen LogP contribution < -0.4 is 4.72 Å². The summed E-state index contributed by atoms with van der Waals surface area (Å²) in [5.41, 5.74) is 1.11. The Bertz CT molecular complexity index is 782. The molecule has 0 saturated carbocycles. The van der Waals surface area contributed by atoms with E-state index in [1.807, 2.05) is 0 Å². The third-order valence-corrected chi connectivity index (χ3v) is 4.31. The van der Waals surface area contributed by atoms with Crippen LogP contribution in [0.2, 0.25) is 0 Å². The van der Waals surface area contributed by atoms with Gasteiger partial charge in [-0.15, -0.1) is 0 Å². The highest BCUT2D eigenvalue weighted by molar-refractivity contribution is 7.88. The molecule has 3 N–H and O–H groups in total. The molecule has 0 radical (unpaired) electrons. The van der Waals surface area contributed by atoms with Crippen LogP contribution in [0.25, 0.3) is 0 Å². The minimum absolute atomic E-state index is 0.0434. The van der Waals surface area contributed by atoms with Crippen LogP contribution in [0.1, 0.15) is 17.0 Å². The molecule has 1 aromatic heterocycles. The average Bonchev–Trinajstić information content (AvgIpc) is 2.84. The summed E-state index contributed by atoms with van der Waals surface area (Å²) in [5, 5.41) is 22.0. The molecule has 1 aromatic carbocycles. The molecule has 0 unspecified atom stereocenters. The van der Waals surface area contributed by atoms with Gasteiger partial charge in [-0.25, -0.2) is 13.1 Å². The first-order valence-electron chi connectivity index (χ1n) is 6.68. The van der Waals surface area contributed by atoms with E-state index in [1.54, 1.807) is 6.92 Å². The standard InChI is InChI=1S/C14H16N2O6S/c1-9-6-12(22-15-9)8-23(20,21)16-13(14(18)19)7-10-2-4-11(17)5-3-10/h2-6,13,16-17H,7-8H2,1H3,(H,18,19)/t13-/m0/s1. The zero-order valence-electron chi connectivity index (χ0n) is 12.3. The van der Waals surface area contributed by atoms with Gasteiger partial charge in [0, 0.05) is 6.07 Å². The van der Waals surface area contributed by atoms with Crippen LogP contribution in [0.5, 0.6) is 5.75 Å². The van der Waals surface area contributed by atoms with Crippen molar-refractivity contribution in [3.05, 3.63) is 47.3 Å². The van der Waals surface area contributed by atoms with Crippen molar-refractivity contribution in [3.63, 3.8) is 0 Å². The number of benzene rings is 1. The van der Waals surface area contributed by atoms with Gasteiger partial charge in [0.15, 0.2) is 5.76 Å². The number of rotatable bonds is 7. The molecule has 1 atom stereocenters. The first kappa shape index (κ1) is 17.0. The Morgan fingerprint density at radius 2 is 2.00 bits per heavy atom. The maximum absolute atomic E-state index is 12.1. The molecule has 9 heteroatoms. The molecule has 8 nitrogen and oxygen atoms in total. The summed E-state index contributed by atoms with van der Waals surface area (Å²) in [6.07, 6.45) is -0.0513. The largest absolute Gasteiger partial charge is 0.508 e. The zero-order valence-corrected chi connectivity index (χ0v) is 13.1. The second kappa shape index (κ2) is 6.80. The van der Waals surface area contributed by atoms with E-state index in [-0.39, 0.29) is 17.9 Å². The summed E-state index contributed by atoms with van der Waals surface area (Å²) in [6.45, 7) is 1.65. The number of hydrogen-bond donors (Lipinski definition) is 3. The van der Waals surface area contributed by atoms with Gasteiger partial charge in [0.1, 0.15) is 17.5 Å². The van der Waals surface area contributed by atoms with Crippen molar-refractivity contribution in [2.75, 3.05) is 0 Å². The number of aryl methyl sites for hydroxylation is 1. The molecular formula is C14H16N2O6S. The van der Waals surface area contributed by atoms with Gasteiger partial charge < -0.3 is 14.7 Å². The minimum Gasteiger partial charge on any atom is -0.508 e. The van der Waals surface area contributed by atoms with Crippen molar-refractivity contribution in [2.45, 2.75) is 25.1 Å². The Hall–Kier alpha value is -2.39. The number of aliphatic carboxylic acids is 1. The Kier molecular flexibility index (Phi) is 5.02. The van der Waals surface area contributed by atoms with Crippen LogP contribution in [0.15, 0.2) is 34.9 Å². The smallest absolute Gasteiger partial charge is 0.322 e. The first-order chi connectivity index (χ1) is 10.7. The van der Waals surface area contributed by atoms with Crippen LogP contribution in [0, 0.1) is 6.92 Å². The number of carbonyl (C=O) groups is 1. The van der Waals surface area contributed by atoms with Crippen LogP contribution in [-0.4, -0.2) is 35.8 Å². The lowest BCUT2D eigenvalue weighted by Crippen LogP contribution is -2.42. The number of carboxylic acid groups (broad SMARTS) is 1. The minimum atomic E-state index is -3.91. The molecule has 1 heterocycles. The van der Waals surface area contributed by atoms with Crippen molar-refractivity contribution in [3.8, 4) is 5.75 Å². The van der Waals surface area contributed by atoms with Crippen LogP contribution in [-0.2, 0) is 27.0 Å². The molecule has 2 rings (SSSR count). The second-order valence-electron chi connectivity index (χ2n) is 5.07. The molecule has 2 aromatic rings. The monoisotopic (exact) mass is 340 g/mol. The third-order valence-electron chi connectivity index (χ3n) is 3.01. The normalized spacial score (nSPS) is 12.9. The Morgan fingerprint density at radius 1 is 1.35 bits per heavy atom. The van der Waals surface area contributed by atoms with Crippen LogP contribution >= 0.6 is 0 Å². The number of phenols is 1. The van der Waals surface area contributed by atoms with Crippen molar-refractivity contribution in [1.29, 1.82) is 0 Å². The summed E-state index contributed by atoms with van der Waals surface area (Å²) >= 11 is 0. The summed E-state index contributed by atoms with van der Waals surface area (Å²) < 4.78 is 31.1. The van der Waals surface area contributed by atoms with E-state index in [0.717, 1.165) is 0 Å².